The van der Waals surface area contributed by atoms with Gasteiger partial charge in [-0.25, -0.2) is 4.99 Å². The van der Waals surface area contributed by atoms with Crippen LogP contribution in [0.1, 0.15) is 48.8 Å². The van der Waals surface area contributed by atoms with E-state index < -0.39 is 11.7 Å². The number of hydrogen-bond acceptors (Lipinski definition) is 3. The first kappa shape index (κ1) is 27.1. The number of aliphatic imine (C=N–C) groups is 1. The van der Waals surface area contributed by atoms with Gasteiger partial charge in [0.05, 0.1) is 23.9 Å². The highest BCUT2D eigenvalue weighted by Gasteiger charge is 2.33. The molecule has 0 aliphatic rings. The SMILES string of the molecule is CCNC(=NCc1ccc(OC(C)C)cc1C(F)(F)F)NCc1c(C)nn(C)c1C.I. The molecule has 0 spiro atoms. The van der Waals surface area contributed by atoms with Gasteiger partial charge in [0, 0.05) is 31.4 Å². The third-order valence-corrected chi connectivity index (χ3v) is 4.60. The van der Waals surface area contributed by atoms with E-state index in [-0.39, 0.29) is 47.9 Å². The van der Waals surface area contributed by atoms with Crippen molar-refractivity contribution in [1.82, 2.24) is 20.4 Å². The summed E-state index contributed by atoms with van der Waals surface area (Å²) >= 11 is 0. The highest BCUT2D eigenvalue weighted by Crippen LogP contribution is 2.35. The van der Waals surface area contributed by atoms with Gasteiger partial charge in [-0.1, -0.05) is 6.07 Å². The van der Waals surface area contributed by atoms with Crippen molar-refractivity contribution in [1.29, 1.82) is 0 Å². The van der Waals surface area contributed by atoms with Crippen molar-refractivity contribution in [3.8, 4) is 5.75 Å². The van der Waals surface area contributed by atoms with Crippen LogP contribution < -0.4 is 15.4 Å². The molecule has 6 nitrogen and oxygen atoms in total. The van der Waals surface area contributed by atoms with Crippen LogP contribution in [0.5, 0.6) is 5.75 Å². The van der Waals surface area contributed by atoms with Gasteiger partial charge >= 0.3 is 6.18 Å². The van der Waals surface area contributed by atoms with Crippen molar-refractivity contribution >= 4 is 29.9 Å². The molecule has 1 aromatic carbocycles. The van der Waals surface area contributed by atoms with E-state index in [4.69, 9.17) is 4.74 Å². The van der Waals surface area contributed by atoms with Gasteiger partial charge < -0.3 is 15.4 Å². The fraction of sp³-hybridized carbons (Fsp3) is 0.524. The zero-order valence-corrected chi connectivity index (χ0v) is 21.1. The number of rotatable bonds is 7. The van der Waals surface area contributed by atoms with Crippen molar-refractivity contribution in [3.05, 3.63) is 46.3 Å². The van der Waals surface area contributed by atoms with Gasteiger partial charge in [0.25, 0.3) is 0 Å². The third-order valence-electron chi connectivity index (χ3n) is 4.60. The van der Waals surface area contributed by atoms with Crippen LogP contribution in [0, 0.1) is 13.8 Å². The molecule has 0 aliphatic heterocycles. The number of alkyl halides is 3. The van der Waals surface area contributed by atoms with Crippen LogP contribution in [0.3, 0.4) is 0 Å². The molecule has 1 aromatic heterocycles. The summed E-state index contributed by atoms with van der Waals surface area (Å²) in [7, 11) is 1.87. The van der Waals surface area contributed by atoms with E-state index in [1.807, 2.05) is 27.8 Å². The minimum absolute atomic E-state index is 0. The predicted octanol–water partition coefficient (Wildman–Crippen LogP) is 4.72. The first-order chi connectivity index (χ1) is 14.0. The Morgan fingerprint density at radius 3 is 2.42 bits per heavy atom. The second-order valence-corrected chi connectivity index (χ2v) is 7.31. The van der Waals surface area contributed by atoms with E-state index in [2.05, 4.69) is 20.7 Å². The number of halogens is 4. The molecule has 0 bridgehead atoms. The smallest absolute Gasteiger partial charge is 0.416 e. The lowest BCUT2D eigenvalue weighted by molar-refractivity contribution is -0.138. The maximum absolute atomic E-state index is 13.6. The Hall–Kier alpha value is -1.98. The van der Waals surface area contributed by atoms with Gasteiger partial charge in [0.15, 0.2) is 5.96 Å². The van der Waals surface area contributed by atoms with Crippen LogP contribution in [0.15, 0.2) is 23.2 Å². The first-order valence-corrected chi connectivity index (χ1v) is 9.91. The fourth-order valence-corrected chi connectivity index (χ4v) is 3.05. The Balaban J connectivity index is 0.00000480. The number of nitrogens with zero attached hydrogens (tertiary/aromatic N) is 3. The predicted molar refractivity (Wildman–Crippen MR) is 127 cm³/mol. The zero-order valence-electron chi connectivity index (χ0n) is 18.7. The Morgan fingerprint density at radius 2 is 1.90 bits per heavy atom. The normalized spacial score (nSPS) is 12.0. The number of hydrogen-bond donors (Lipinski definition) is 2. The lowest BCUT2D eigenvalue weighted by Crippen LogP contribution is -2.37. The molecule has 1 heterocycles. The minimum atomic E-state index is -4.49. The van der Waals surface area contributed by atoms with Crippen molar-refractivity contribution in [2.45, 2.75) is 60.0 Å². The maximum Gasteiger partial charge on any atom is 0.416 e. The van der Waals surface area contributed by atoms with Crippen LogP contribution in [0.25, 0.3) is 0 Å². The maximum atomic E-state index is 13.6. The van der Waals surface area contributed by atoms with Gasteiger partial charge in [-0.3, -0.25) is 4.68 Å². The third kappa shape index (κ3) is 7.58. The Labute approximate surface area is 198 Å². The highest BCUT2D eigenvalue weighted by atomic mass is 127. The number of aromatic nitrogens is 2. The van der Waals surface area contributed by atoms with Gasteiger partial charge in [0.1, 0.15) is 5.75 Å². The van der Waals surface area contributed by atoms with Crippen molar-refractivity contribution < 1.29 is 17.9 Å². The molecule has 0 radical (unpaired) electrons. The van der Waals surface area contributed by atoms with Crippen molar-refractivity contribution in [2.75, 3.05) is 6.54 Å². The van der Waals surface area contributed by atoms with Crippen molar-refractivity contribution in [3.63, 3.8) is 0 Å². The van der Waals surface area contributed by atoms with Crippen LogP contribution >= 0.6 is 24.0 Å². The standard InChI is InChI=1S/C21H30F3N5O.HI/c1-7-25-20(27-12-18-14(4)28-29(6)15(18)5)26-11-16-8-9-17(30-13(2)3)10-19(16)21(22,23)24;/h8-10,13H,7,11-12H2,1-6H3,(H2,25,26,27);1H. The Kier molecular flexibility index (Phi) is 10.1. The Bertz CT molecular complexity index is 894. The van der Waals surface area contributed by atoms with Gasteiger partial charge in [-0.2, -0.15) is 18.3 Å². The molecule has 10 heteroatoms. The summed E-state index contributed by atoms with van der Waals surface area (Å²) < 4.78 is 47.9. The summed E-state index contributed by atoms with van der Waals surface area (Å²) in [6.45, 7) is 10.3. The molecule has 0 saturated carbocycles. The van der Waals surface area contributed by atoms with E-state index in [1.54, 1.807) is 24.6 Å². The summed E-state index contributed by atoms with van der Waals surface area (Å²) in [4.78, 5) is 4.36. The number of aryl methyl sites for hydroxylation is 2. The van der Waals surface area contributed by atoms with Crippen LogP contribution in [0.2, 0.25) is 0 Å². The molecule has 2 aromatic rings. The molecular formula is C21H31F3IN5O. The molecule has 0 aliphatic carbocycles. The summed E-state index contributed by atoms with van der Waals surface area (Å²) in [6, 6.07) is 4.00. The number of ether oxygens (including phenoxy) is 1. The van der Waals surface area contributed by atoms with Crippen LogP contribution in [-0.4, -0.2) is 28.4 Å². The van der Waals surface area contributed by atoms with Gasteiger partial charge in [-0.15, -0.1) is 24.0 Å². The summed E-state index contributed by atoms with van der Waals surface area (Å²) in [5.41, 5.74) is 2.31. The second-order valence-electron chi connectivity index (χ2n) is 7.31. The first-order valence-electron chi connectivity index (χ1n) is 9.91. The molecule has 31 heavy (non-hydrogen) atoms. The van der Waals surface area contributed by atoms with Crippen LogP contribution in [0.4, 0.5) is 13.2 Å². The van der Waals surface area contributed by atoms with E-state index in [9.17, 15) is 13.2 Å². The van der Waals surface area contributed by atoms with Gasteiger partial charge in [0.2, 0.25) is 0 Å². The highest BCUT2D eigenvalue weighted by molar-refractivity contribution is 14.0. The molecule has 2 rings (SSSR count). The Morgan fingerprint density at radius 1 is 1.23 bits per heavy atom. The summed E-state index contributed by atoms with van der Waals surface area (Å²) in [5.74, 6) is 0.633. The average Bonchev–Trinajstić information content (AvgIpc) is 2.88. The fourth-order valence-electron chi connectivity index (χ4n) is 3.05. The summed E-state index contributed by atoms with van der Waals surface area (Å²) in [5, 5.41) is 10.6. The number of benzene rings is 1. The van der Waals surface area contributed by atoms with E-state index in [1.165, 1.54) is 6.07 Å². The van der Waals surface area contributed by atoms with E-state index in [0.29, 0.717) is 19.0 Å². The molecule has 2 N–H and O–H groups in total. The van der Waals surface area contributed by atoms with Gasteiger partial charge in [-0.05, 0) is 52.3 Å². The summed E-state index contributed by atoms with van der Waals surface area (Å²) in [6.07, 6.45) is -4.70. The lowest BCUT2D eigenvalue weighted by Gasteiger charge is -2.16. The molecule has 174 valence electrons. The quantitative estimate of drug-likeness (QED) is 0.296. The van der Waals surface area contributed by atoms with E-state index >= 15 is 0 Å². The molecular weight excluding hydrogens is 522 g/mol. The zero-order chi connectivity index (χ0) is 22.5. The lowest BCUT2D eigenvalue weighted by atomic mass is 10.1. The average molecular weight is 553 g/mol. The molecule has 0 fully saturated rings. The monoisotopic (exact) mass is 553 g/mol. The number of guanidine groups is 1. The van der Waals surface area contributed by atoms with Crippen molar-refractivity contribution in [2.24, 2.45) is 12.0 Å². The van der Waals surface area contributed by atoms with Crippen LogP contribution in [-0.2, 0) is 26.3 Å². The topological polar surface area (TPSA) is 63.5 Å². The molecule has 0 amide bonds. The largest absolute Gasteiger partial charge is 0.491 e. The molecule has 0 saturated heterocycles. The minimum Gasteiger partial charge on any atom is -0.491 e. The number of nitrogens with one attached hydrogen (secondary N) is 2. The van der Waals surface area contributed by atoms with E-state index in [0.717, 1.165) is 23.0 Å². The second kappa shape index (κ2) is 11.6. The molecule has 0 atom stereocenters. The molecule has 0 unspecified atom stereocenters.